The molecule has 142 valence electrons. The van der Waals surface area contributed by atoms with Crippen molar-refractivity contribution in [3.8, 4) is 5.75 Å². The molecule has 0 bridgehead atoms. The lowest BCUT2D eigenvalue weighted by Gasteiger charge is -2.11. The molecule has 0 aliphatic heterocycles. The van der Waals surface area contributed by atoms with Crippen LogP contribution in [0.4, 0.5) is 5.69 Å². The Hall–Kier alpha value is -2.71. The van der Waals surface area contributed by atoms with Gasteiger partial charge in [-0.2, -0.15) is 0 Å². The summed E-state index contributed by atoms with van der Waals surface area (Å²) in [6.45, 7) is 4.14. The summed E-state index contributed by atoms with van der Waals surface area (Å²) in [4.78, 5) is 27.9. The van der Waals surface area contributed by atoms with E-state index < -0.39 is 0 Å². The number of nitrogens with zero attached hydrogens (tertiary/aromatic N) is 3. The highest BCUT2D eigenvalue weighted by Gasteiger charge is 2.15. The number of thiophene rings is 1. The van der Waals surface area contributed by atoms with Crippen molar-refractivity contribution >= 4 is 55.8 Å². The Kier molecular flexibility index (Phi) is 5.15. The number of nitrogens with one attached hydrogen (secondary N) is 1. The topological polar surface area (TPSA) is 77.0 Å². The molecule has 3 aromatic heterocycles. The lowest BCUT2D eigenvalue weighted by Crippen LogP contribution is -2.14. The average molecular weight is 411 g/mol. The Morgan fingerprint density at radius 1 is 1.21 bits per heavy atom. The number of hydrogen-bond donors (Lipinski definition) is 1. The maximum absolute atomic E-state index is 12.6. The number of aryl methyl sites for hydroxylation is 2. The number of ether oxygens (including phenoxy) is 1. The first kappa shape index (κ1) is 18.6. The average Bonchev–Trinajstić information content (AvgIpc) is 3.01. The molecule has 3 heterocycles. The molecule has 0 aliphatic carbocycles. The number of thioether (sulfide) groups is 1. The third-order valence-electron chi connectivity index (χ3n) is 4.50. The van der Waals surface area contributed by atoms with Gasteiger partial charge in [-0.05, 0) is 43.7 Å². The van der Waals surface area contributed by atoms with Crippen molar-refractivity contribution in [3.05, 3.63) is 47.2 Å². The van der Waals surface area contributed by atoms with Crippen LogP contribution in [0.5, 0.6) is 5.75 Å². The number of carbonyl (C=O) groups is 1. The Bertz CT molecular complexity index is 1190. The molecule has 28 heavy (non-hydrogen) atoms. The van der Waals surface area contributed by atoms with Crippen molar-refractivity contribution in [1.82, 2.24) is 15.0 Å². The van der Waals surface area contributed by atoms with Crippen molar-refractivity contribution in [2.24, 2.45) is 0 Å². The molecule has 0 saturated carbocycles. The van der Waals surface area contributed by atoms with E-state index in [1.165, 1.54) is 22.2 Å². The van der Waals surface area contributed by atoms with E-state index in [9.17, 15) is 4.79 Å². The van der Waals surface area contributed by atoms with Gasteiger partial charge in [0.05, 0.1) is 18.6 Å². The summed E-state index contributed by atoms with van der Waals surface area (Å²) in [5.41, 5.74) is 2.61. The van der Waals surface area contributed by atoms with E-state index in [0.717, 1.165) is 26.1 Å². The van der Waals surface area contributed by atoms with Gasteiger partial charge in [-0.15, -0.1) is 11.3 Å². The van der Waals surface area contributed by atoms with E-state index in [0.29, 0.717) is 11.4 Å². The third-order valence-corrected chi connectivity index (χ3v) is 6.60. The van der Waals surface area contributed by atoms with Gasteiger partial charge in [0.2, 0.25) is 5.91 Å². The van der Waals surface area contributed by atoms with Gasteiger partial charge in [0, 0.05) is 21.8 Å². The molecule has 1 amide bonds. The van der Waals surface area contributed by atoms with Crippen LogP contribution in [0.2, 0.25) is 0 Å². The van der Waals surface area contributed by atoms with Gasteiger partial charge in [-0.3, -0.25) is 9.78 Å². The molecule has 0 fully saturated rings. The quantitative estimate of drug-likeness (QED) is 0.383. The van der Waals surface area contributed by atoms with E-state index >= 15 is 0 Å². The van der Waals surface area contributed by atoms with E-state index in [2.05, 4.69) is 34.1 Å². The normalized spacial score (nSPS) is 11.1. The van der Waals surface area contributed by atoms with Crippen LogP contribution in [-0.4, -0.2) is 33.7 Å². The molecule has 0 spiro atoms. The number of fused-ring (bicyclic) bond motifs is 2. The van der Waals surface area contributed by atoms with Crippen LogP contribution in [0, 0.1) is 13.8 Å². The molecule has 0 atom stereocenters. The van der Waals surface area contributed by atoms with Gasteiger partial charge in [-0.25, -0.2) is 9.97 Å². The van der Waals surface area contributed by atoms with Gasteiger partial charge in [0.1, 0.15) is 27.4 Å². The van der Waals surface area contributed by atoms with Crippen molar-refractivity contribution in [2.75, 3.05) is 18.2 Å². The fourth-order valence-corrected chi connectivity index (χ4v) is 4.92. The molecule has 4 rings (SSSR count). The fourth-order valence-electron chi connectivity index (χ4n) is 3.00. The van der Waals surface area contributed by atoms with Crippen LogP contribution < -0.4 is 10.1 Å². The predicted molar refractivity (Wildman–Crippen MR) is 115 cm³/mol. The van der Waals surface area contributed by atoms with Gasteiger partial charge >= 0.3 is 0 Å². The highest BCUT2D eigenvalue weighted by Crippen LogP contribution is 2.34. The van der Waals surface area contributed by atoms with Crippen LogP contribution in [0.15, 0.2) is 41.8 Å². The highest BCUT2D eigenvalue weighted by atomic mass is 32.2. The van der Waals surface area contributed by atoms with Gasteiger partial charge in [0.25, 0.3) is 0 Å². The maximum Gasteiger partial charge on any atom is 0.234 e. The lowest BCUT2D eigenvalue weighted by molar-refractivity contribution is -0.113. The van der Waals surface area contributed by atoms with Gasteiger partial charge in [0.15, 0.2) is 0 Å². The number of carbonyl (C=O) groups excluding carboxylic acids is 1. The summed E-state index contributed by atoms with van der Waals surface area (Å²) in [5.74, 6) is 0.833. The highest BCUT2D eigenvalue weighted by molar-refractivity contribution is 8.00. The minimum atomic E-state index is -0.100. The zero-order chi connectivity index (χ0) is 19.7. The van der Waals surface area contributed by atoms with E-state index in [4.69, 9.17) is 4.74 Å². The second-order valence-electron chi connectivity index (χ2n) is 6.19. The van der Waals surface area contributed by atoms with Crippen LogP contribution in [-0.2, 0) is 4.79 Å². The Balaban J connectivity index is 1.54. The molecule has 0 saturated heterocycles. The molecule has 1 N–H and O–H groups in total. The number of hydrogen-bond acceptors (Lipinski definition) is 7. The number of amides is 1. The van der Waals surface area contributed by atoms with Crippen LogP contribution in [0.25, 0.3) is 21.1 Å². The first-order chi connectivity index (χ1) is 13.6. The summed E-state index contributed by atoms with van der Waals surface area (Å²) in [7, 11) is 1.61. The SMILES string of the molecule is COc1ccc(NC(=O)CSc2ncnc3sc(C)c(C)c23)c2cccnc12. The summed E-state index contributed by atoms with van der Waals surface area (Å²) < 4.78 is 5.35. The molecule has 8 heteroatoms. The van der Waals surface area contributed by atoms with E-state index in [1.807, 2.05) is 24.3 Å². The molecule has 4 aromatic rings. The van der Waals surface area contributed by atoms with Crippen molar-refractivity contribution in [2.45, 2.75) is 18.9 Å². The van der Waals surface area contributed by atoms with Crippen molar-refractivity contribution in [3.63, 3.8) is 0 Å². The smallest absolute Gasteiger partial charge is 0.234 e. The number of rotatable bonds is 5. The Morgan fingerprint density at radius 3 is 2.89 bits per heavy atom. The molecule has 0 aliphatic rings. The number of pyridine rings is 1. The minimum absolute atomic E-state index is 0.100. The van der Waals surface area contributed by atoms with Gasteiger partial charge in [-0.1, -0.05) is 11.8 Å². The molecule has 6 nitrogen and oxygen atoms in total. The first-order valence-corrected chi connectivity index (χ1v) is 10.4. The summed E-state index contributed by atoms with van der Waals surface area (Å²) >= 11 is 3.07. The van der Waals surface area contributed by atoms with Crippen LogP contribution >= 0.6 is 23.1 Å². The number of benzene rings is 1. The summed E-state index contributed by atoms with van der Waals surface area (Å²) in [5, 5.41) is 5.70. The molecular weight excluding hydrogens is 392 g/mol. The zero-order valence-corrected chi connectivity index (χ0v) is 17.3. The first-order valence-electron chi connectivity index (χ1n) is 8.63. The molecular formula is C20H18N4O2S2. The lowest BCUT2D eigenvalue weighted by atomic mass is 10.1. The van der Waals surface area contributed by atoms with Crippen LogP contribution in [0.1, 0.15) is 10.4 Å². The van der Waals surface area contributed by atoms with Crippen LogP contribution in [0.3, 0.4) is 0 Å². The number of aromatic nitrogens is 3. The molecule has 0 unspecified atom stereocenters. The number of methoxy groups -OCH3 is 1. The second-order valence-corrected chi connectivity index (χ2v) is 8.36. The fraction of sp³-hybridized carbons (Fsp3) is 0.200. The monoisotopic (exact) mass is 410 g/mol. The third kappa shape index (κ3) is 3.41. The maximum atomic E-state index is 12.6. The minimum Gasteiger partial charge on any atom is -0.494 e. The molecule has 0 radical (unpaired) electrons. The Labute approximate surface area is 170 Å². The largest absolute Gasteiger partial charge is 0.494 e. The second kappa shape index (κ2) is 7.73. The number of anilines is 1. The zero-order valence-electron chi connectivity index (χ0n) is 15.6. The Morgan fingerprint density at radius 2 is 2.07 bits per heavy atom. The van der Waals surface area contributed by atoms with Crippen molar-refractivity contribution < 1.29 is 9.53 Å². The van der Waals surface area contributed by atoms with Crippen molar-refractivity contribution in [1.29, 1.82) is 0 Å². The van der Waals surface area contributed by atoms with Gasteiger partial charge < -0.3 is 10.1 Å². The standard InChI is InChI=1S/C20H18N4O2S2/c1-11-12(2)28-20-17(11)19(22-10-23-20)27-9-16(25)24-14-6-7-15(26-3)18-13(14)5-4-8-21-18/h4-8,10H,9H2,1-3H3,(H,24,25). The predicted octanol–water partition coefficient (Wildman–Crippen LogP) is 4.60. The summed E-state index contributed by atoms with van der Waals surface area (Å²) in [6, 6.07) is 7.40. The summed E-state index contributed by atoms with van der Waals surface area (Å²) in [6.07, 6.45) is 3.26. The van der Waals surface area contributed by atoms with E-state index in [1.54, 1.807) is 31.0 Å². The van der Waals surface area contributed by atoms with E-state index in [-0.39, 0.29) is 11.7 Å². The molecule has 1 aromatic carbocycles.